The zero-order valence-electron chi connectivity index (χ0n) is 9.56. The molecule has 3 nitrogen and oxygen atoms in total. The lowest BCUT2D eigenvalue weighted by molar-refractivity contribution is 0.0369. The Balaban J connectivity index is 1.77. The molecule has 1 fully saturated rings. The minimum Gasteiger partial charge on any atom is -0.486 e. The van der Waals surface area contributed by atoms with E-state index in [-0.39, 0.29) is 6.10 Å². The van der Waals surface area contributed by atoms with Crippen LogP contribution in [0.3, 0.4) is 0 Å². The maximum absolute atomic E-state index is 6.02. The molecule has 0 bridgehead atoms. The monoisotopic (exact) mass is 219 g/mol. The molecule has 0 spiro atoms. The third kappa shape index (κ3) is 1.65. The highest BCUT2D eigenvalue weighted by atomic mass is 16.6. The lowest BCUT2D eigenvalue weighted by atomic mass is 10.1. The summed E-state index contributed by atoms with van der Waals surface area (Å²) in [4.78, 5) is 2.38. The molecule has 0 N–H and O–H groups in total. The van der Waals surface area contributed by atoms with Crippen molar-refractivity contribution in [2.45, 2.75) is 25.0 Å². The number of hydrogen-bond acceptors (Lipinski definition) is 3. The highest BCUT2D eigenvalue weighted by molar-refractivity contribution is 5.40. The van der Waals surface area contributed by atoms with E-state index in [0.29, 0.717) is 12.6 Å². The summed E-state index contributed by atoms with van der Waals surface area (Å²) in [7, 11) is 2.17. The fourth-order valence-electron chi connectivity index (χ4n) is 2.63. The molecule has 0 radical (unpaired) electrons. The van der Waals surface area contributed by atoms with Gasteiger partial charge >= 0.3 is 0 Å². The first-order valence-corrected chi connectivity index (χ1v) is 5.93. The zero-order chi connectivity index (χ0) is 11.0. The van der Waals surface area contributed by atoms with Crippen molar-refractivity contribution in [3.63, 3.8) is 0 Å². The molecule has 3 rings (SSSR count). The number of likely N-dealkylation sites (N-methyl/N-ethyl adjacent to an activating group) is 1. The van der Waals surface area contributed by atoms with E-state index in [9.17, 15) is 0 Å². The van der Waals surface area contributed by atoms with E-state index >= 15 is 0 Å². The predicted molar refractivity (Wildman–Crippen MR) is 62.0 cm³/mol. The van der Waals surface area contributed by atoms with Crippen LogP contribution in [0.1, 0.15) is 12.8 Å². The molecule has 86 valence electrons. The zero-order valence-corrected chi connectivity index (χ0v) is 9.56. The van der Waals surface area contributed by atoms with E-state index in [2.05, 4.69) is 11.9 Å². The van der Waals surface area contributed by atoms with E-state index < -0.39 is 0 Å². The molecule has 0 amide bonds. The van der Waals surface area contributed by atoms with Crippen molar-refractivity contribution in [2.75, 3.05) is 20.2 Å². The highest BCUT2D eigenvalue weighted by Gasteiger charge is 2.34. The van der Waals surface area contributed by atoms with Gasteiger partial charge in [-0.3, -0.25) is 4.90 Å². The number of fused-ring (bicyclic) bond motifs is 1. The third-order valence-electron chi connectivity index (χ3n) is 3.54. The van der Waals surface area contributed by atoms with Gasteiger partial charge in [-0.05, 0) is 38.6 Å². The Labute approximate surface area is 96.0 Å². The Bertz CT molecular complexity index is 380. The average molecular weight is 219 g/mol. The SMILES string of the molecule is CN1CCC[C@@H]1[C@@H]1COc2ccccc2O1. The third-order valence-corrected chi connectivity index (χ3v) is 3.54. The molecule has 2 heterocycles. The number of para-hydroxylation sites is 2. The lowest BCUT2D eigenvalue weighted by Crippen LogP contribution is -2.45. The van der Waals surface area contributed by atoms with Gasteiger partial charge in [-0.15, -0.1) is 0 Å². The maximum atomic E-state index is 6.02. The molecule has 16 heavy (non-hydrogen) atoms. The molecule has 1 aromatic rings. The summed E-state index contributed by atoms with van der Waals surface area (Å²) in [5.41, 5.74) is 0. The number of benzene rings is 1. The molecule has 0 unspecified atom stereocenters. The first kappa shape index (κ1) is 9.97. The van der Waals surface area contributed by atoms with Crippen molar-refractivity contribution in [3.05, 3.63) is 24.3 Å². The molecule has 0 aromatic heterocycles. The van der Waals surface area contributed by atoms with Crippen LogP contribution < -0.4 is 9.47 Å². The van der Waals surface area contributed by atoms with Gasteiger partial charge in [0.2, 0.25) is 0 Å². The van der Waals surface area contributed by atoms with Gasteiger partial charge in [0.25, 0.3) is 0 Å². The lowest BCUT2D eigenvalue weighted by Gasteiger charge is -2.33. The maximum Gasteiger partial charge on any atom is 0.161 e. The van der Waals surface area contributed by atoms with Crippen LogP contribution in [-0.2, 0) is 0 Å². The fourth-order valence-corrected chi connectivity index (χ4v) is 2.63. The summed E-state index contributed by atoms with van der Waals surface area (Å²) in [6.07, 6.45) is 2.66. The Hall–Kier alpha value is -1.22. The quantitative estimate of drug-likeness (QED) is 0.720. The second kappa shape index (κ2) is 3.98. The van der Waals surface area contributed by atoms with Gasteiger partial charge < -0.3 is 9.47 Å². The minimum absolute atomic E-state index is 0.183. The van der Waals surface area contributed by atoms with Gasteiger partial charge in [-0.1, -0.05) is 12.1 Å². The highest BCUT2D eigenvalue weighted by Crippen LogP contribution is 2.33. The van der Waals surface area contributed by atoms with Gasteiger partial charge in [0, 0.05) is 6.04 Å². The van der Waals surface area contributed by atoms with Crippen molar-refractivity contribution in [1.29, 1.82) is 0 Å². The summed E-state index contributed by atoms with van der Waals surface area (Å²) < 4.78 is 11.8. The summed E-state index contributed by atoms with van der Waals surface area (Å²) >= 11 is 0. The second-order valence-electron chi connectivity index (χ2n) is 4.60. The van der Waals surface area contributed by atoms with Crippen LogP contribution in [0, 0.1) is 0 Å². The van der Waals surface area contributed by atoms with E-state index in [4.69, 9.17) is 9.47 Å². The van der Waals surface area contributed by atoms with Gasteiger partial charge in [0.15, 0.2) is 11.5 Å². The Morgan fingerprint density at radius 2 is 2.06 bits per heavy atom. The van der Waals surface area contributed by atoms with Crippen LogP contribution >= 0.6 is 0 Å². The molecular formula is C13H17NO2. The summed E-state index contributed by atoms with van der Waals surface area (Å²) in [6.45, 7) is 1.85. The average Bonchev–Trinajstić information content (AvgIpc) is 2.75. The van der Waals surface area contributed by atoms with Crippen LogP contribution in [0.4, 0.5) is 0 Å². The van der Waals surface area contributed by atoms with Crippen LogP contribution in [0.25, 0.3) is 0 Å². The van der Waals surface area contributed by atoms with E-state index in [1.807, 2.05) is 24.3 Å². The Morgan fingerprint density at radius 3 is 2.81 bits per heavy atom. The van der Waals surface area contributed by atoms with Gasteiger partial charge in [-0.25, -0.2) is 0 Å². The number of likely N-dealkylation sites (tertiary alicyclic amines) is 1. The molecule has 3 heteroatoms. The number of ether oxygens (including phenoxy) is 2. The minimum atomic E-state index is 0.183. The van der Waals surface area contributed by atoms with Crippen molar-refractivity contribution >= 4 is 0 Å². The van der Waals surface area contributed by atoms with E-state index in [1.54, 1.807) is 0 Å². The molecule has 2 aliphatic heterocycles. The fraction of sp³-hybridized carbons (Fsp3) is 0.538. The van der Waals surface area contributed by atoms with Crippen molar-refractivity contribution in [1.82, 2.24) is 4.90 Å². The number of hydrogen-bond donors (Lipinski definition) is 0. The topological polar surface area (TPSA) is 21.7 Å². The van der Waals surface area contributed by atoms with Gasteiger partial charge in [0.05, 0.1) is 0 Å². The van der Waals surface area contributed by atoms with E-state index in [1.165, 1.54) is 19.4 Å². The largest absolute Gasteiger partial charge is 0.486 e. The van der Waals surface area contributed by atoms with Crippen LogP contribution in [0.2, 0.25) is 0 Å². The normalized spacial score (nSPS) is 29.3. The molecular weight excluding hydrogens is 202 g/mol. The van der Waals surface area contributed by atoms with Crippen LogP contribution in [0.15, 0.2) is 24.3 Å². The first-order valence-electron chi connectivity index (χ1n) is 5.93. The van der Waals surface area contributed by atoms with Gasteiger partial charge in [-0.2, -0.15) is 0 Å². The van der Waals surface area contributed by atoms with Crippen molar-refractivity contribution in [2.24, 2.45) is 0 Å². The Kier molecular flexibility index (Phi) is 2.48. The Morgan fingerprint density at radius 1 is 1.25 bits per heavy atom. The molecule has 2 aliphatic rings. The van der Waals surface area contributed by atoms with Crippen molar-refractivity contribution < 1.29 is 9.47 Å². The molecule has 2 atom stereocenters. The van der Waals surface area contributed by atoms with Crippen molar-refractivity contribution in [3.8, 4) is 11.5 Å². The number of rotatable bonds is 1. The predicted octanol–water partition coefficient (Wildman–Crippen LogP) is 1.92. The van der Waals surface area contributed by atoms with Crippen LogP contribution in [0.5, 0.6) is 11.5 Å². The van der Waals surface area contributed by atoms with Crippen LogP contribution in [-0.4, -0.2) is 37.2 Å². The number of nitrogens with zero attached hydrogens (tertiary/aromatic N) is 1. The standard InChI is InChI=1S/C13H17NO2/c1-14-8-4-5-10(14)13-9-15-11-6-2-3-7-12(11)16-13/h2-3,6-7,10,13H,4-5,8-9H2,1H3/t10-,13+/m1/s1. The molecule has 0 saturated carbocycles. The summed E-state index contributed by atoms with van der Waals surface area (Å²) in [5, 5.41) is 0. The second-order valence-corrected chi connectivity index (χ2v) is 4.60. The van der Waals surface area contributed by atoms with E-state index in [0.717, 1.165) is 11.5 Å². The van der Waals surface area contributed by atoms with Gasteiger partial charge in [0.1, 0.15) is 12.7 Å². The summed E-state index contributed by atoms with van der Waals surface area (Å²) in [6, 6.07) is 8.42. The molecule has 1 aromatic carbocycles. The summed E-state index contributed by atoms with van der Waals surface area (Å²) in [5.74, 6) is 1.76. The molecule has 0 aliphatic carbocycles. The smallest absolute Gasteiger partial charge is 0.161 e. The molecule has 1 saturated heterocycles. The first-order chi connectivity index (χ1) is 7.84.